The van der Waals surface area contributed by atoms with E-state index in [1.165, 1.54) is 11.1 Å². The van der Waals surface area contributed by atoms with Gasteiger partial charge in [-0.3, -0.25) is 0 Å². The summed E-state index contributed by atoms with van der Waals surface area (Å²) in [5, 5.41) is 0. The Morgan fingerprint density at radius 3 is 2.24 bits per heavy atom. The van der Waals surface area contributed by atoms with Crippen LogP contribution in [0.4, 0.5) is 0 Å². The van der Waals surface area contributed by atoms with Crippen molar-refractivity contribution in [2.75, 3.05) is 0 Å². The second-order valence-corrected chi connectivity index (χ2v) is 6.16. The van der Waals surface area contributed by atoms with Gasteiger partial charge in [0, 0.05) is 4.47 Å². The predicted octanol–water partition coefficient (Wildman–Crippen LogP) is 5.21. The van der Waals surface area contributed by atoms with E-state index in [4.69, 9.17) is 0 Å². The Labute approximate surface area is 112 Å². The first-order valence-corrected chi connectivity index (χ1v) is 6.54. The molecule has 2 aromatic carbocycles. The first kappa shape index (κ1) is 12.4. The molecule has 1 heteroatoms. The van der Waals surface area contributed by atoms with Crippen molar-refractivity contribution >= 4 is 15.9 Å². The number of hydrogen-bond donors (Lipinski definition) is 0. The molecule has 0 amide bonds. The highest BCUT2D eigenvalue weighted by Gasteiger charge is 2.13. The predicted molar refractivity (Wildman–Crippen MR) is 77.1 cm³/mol. The van der Waals surface area contributed by atoms with Crippen LogP contribution in [0.2, 0.25) is 0 Å². The maximum Gasteiger partial charge on any atom is 0.0175 e. The van der Waals surface area contributed by atoms with E-state index in [2.05, 4.69) is 79.2 Å². The second-order valence-electron chi connectivity index (χ2n) is 5.25. The van der Waals surface area contributed by atoms with Gasteiger partial charge >= 0.3 is 0 Å². The first-order chi connectivity index (χ1) is 7.97. The Balaban J connectivity index is 2.43. The van der Waals surface area contributed by atoms with Crippen molar-refractivity contribution < 1.29 is 0 Å². The maximum absolute atomic E-state index is 3.45. The molecule has 0 atom stereocenters. The third-order valence-electron chi connectivity index (χ3n) is 2.82. The molecule has 0 aliphatic heterocycles. The van der Waals surface area contributed by atoms with Gasteiger partial charge < -0.3 is 0 Å². The van der Waals surface area contributed by atoms with E-state index in [1.807, 2.05) is 6.07 Å². The van der Waals surface area contributed by atoms with Crippen LogP contribution in [0.3, 0.4) is 0 Å². The van der Waals surface area contributed by atoms with Gasteiger partial charge in [-0.2, -0.15) is 0 Å². The molecule has 0 bridgehead atoms. The zero-order valence-corrected chi connectivity index (χ0v) is 12.0. The van der Waals surface area contributed by atoms with Crippen LogP contribution in [-0.4, -0.2) is 0 Å². The summed E-state index contributed by atoms with van der Waals surface area (Å²) >= 11 is 3.45. The molecule has 0 N–H and O–H groups in total. The van der Waals surface area contributed by atoms with Crippen molar-refractivity contribution in [3.8, 4) is 11.1 Å². The van der Waals surface area contributed by atoms with Crippen LogP contribution in [0.5, 0.6) is 0 Å². The van der Waals surface area contributed by atoms with Gasteiger partial charge in [0.25, 0.3) is 0 Å². The maximum atomic E-state index is 3.45. The van der Waals surface area contributed by atoms with Gasteiger partial charge in [0.1, 0.15) is 0 Å². The lowest BCUT2D eigenvalue weighted by Gasteiger charge is -2.19. The zero-order valence-electron chi connectivity index (χ0n) is 10.4. The quantitative estimate of drug-likeness (QED) is 0.675. The number of rotatable bonds is 1. The lowest BCUT2D eigenvalue weighted by molar-refractivity contribution is 0.590. The Morgan fingerprint density at radius 2 is 1.65 bits per heavy atom. The van der Waals surface area contributed by atoms with Crippen molar-refractivity contribution in [1.82, 2.24) is 0 Å². The van der Waals surface area contributed by atoms with E-state index in [0.717, 1.165) is 10.0 Å². The van der Waals surface area contributed by atoms with E-state index in [9.17, 15) is 0 Å². The van der Waals surface area contributed by atoms with Gasteiger partial charge in [0.2, 0.25) is 0 Å². The molecule has 0 aliphatic carbocycles. The van der Waals surface area contributed by atoms with E-state index in [0.29, 0.717) is 0 Å². The Kier molecular flexibility index (Phi) is 3.39. The van der Waals surface area contributed by atoms with Crippen LogP contribution in [0.1, 0.15) is 26.3 Å². The summed E-state index contributed by atoms with van der Waals surface area (Å²) in [6, 6.07) is 18.0. The summed E-state index contributed by atoms with van der Waals surface area (Å²) in [5.74, 6) is 0. The molecule has 2 aromatic rings. The van der Waals surface area contributed by atoms with Crippen LogP contribution in [0, 0.1) is 6.07 Å². The topological polar surface area (TPSA) is 0 Å². The lowest BCUT2D eigenvalue weighted by atomic mass is 9.85. The zero-order chi connectivity index (χ0) is 12.5. The molecule has 0 fully saturated rings. The van der Waals surface area contributed by atoms with Crippen LogP contribution < -0.4 is 0 Å². The molecule has 0 aliphatic rings. The molecule has 0 spiro atoms. The first-order valence-electron chi connectivity index (χ1n) is 5.75. The molecule has 0 nitrogen and oxygen atoms in total. The third-order valence-corrected chi connectivity index (χ3v) is 3.35. The van der Waals surface area contributed by atoms with E-state index >= 15 is 0 Å². The van der Waals surface area contributed by atoms with E-state index in [-0.39, 0.29) is 5.41 Å². The molecular weight excluding hydrogens is 272 g/mol. The SMILES string of the molecule is CC(C)(C)c1cc[c]c(-c2ccc(Br)cc2)c1. The summed E-state index contributed by atoms with van der Waals surface area (Å²) in [6.07, 6.45) is 0. The summed E-state index contributed by atoms with van der Waals surface area (Å²) in [4.78, 5) is 0. The van der Waals surface area contributed by atoms with Gasteiger partial charge in [-0.1, -0.05) is 67.0 Å². The molecule has 0 saturated heterocycles. The lowest BCUT2D eigenvalue weighted by Crippen LogP contribution is -2.10. The van der Waals surface area contributed by atoms with Crippen LogP contribution in [0.15, 0.2) is 46.9 Å². The molecule has 87 valence electrons. The summed E-state index contributed by atoms with van der Waals surface area (Å²) in [6.45, 7) is 6.69. The minimum Gasteiger partial charge on any atom is -0.0578 e. The van der Waals surface area contributed by atoms with E-state index in [1.54, 1.807) is 0 Å². The van der Waals surface area contributed by atoms with Gasteiger partial charge in [-0.25, -0.2) is 0 Å². The monoisotopic (exact) mass is 287 g/mol. The molecule has 2 rings (SSSR count). The van der Waals surface area contributed by atoms with Gasteiger partial charge in [0.15, 0.2) is 0 Å². The number of halogens is 1. The minimum atomic E-state index is 0.180. The molecular formula is C16H16Br. The van der Waals surface area contributed by atoms with Crippen molar-refractivity contribution in [3.63, 3.8) is 0 Å². The Morgan fingerprint density at radius 1 is 1.00 bits per heavy atom. The second kappa shape index (κ2) is 4.66. The Bertz CT molecular complexity index is 504. The third kappa shape index (κ3) is 2.98. The number of hydrogen-bond acceptors (Lipinski definition) is 0. The summed E-state index contributed by atoms with van der Waals surface area (Å²) in [5.41, 5.74) is 3.89. The van der Waals surface area contributed by atoms with Gasteiger partial charge in [-0.05, 0) is 40.3 Å². The largest absolute Gasteiger partial charge is 0.0578 e. The average Bonchev–Trinajstić information content (AvgIpc) is 2.29. The standard InChI is InChI=1S/C16H16Br/c1-16(2,3)14-6-4-5-13(11-14)12-7-9-15(17)10-8-12/h4,6-11H,1-3H3. The molecule has 17 heavy (non-hydrogen) atoms. The van der Waals surface area contributed by atoms with E-state index < -0.39 is 0 Å². The molecule has 0 unspecified atom stereocenters. The molecule has 0 heterocycles. The fourth-order valence-electron chi connectivity index (χ4n) is 1.73. The van der Waals surface area contributed by atoms with Crippen molar-refractivity contribution in [3.05, 3.63) is 58.6 Å². The minimum absolute atomic E-state index is 0.180. The van der Waals surface area contributed by atoms with Crippen molar-refractivity contribution in [2.45, 2.75) is 26.2 Å². The summed E-state index contributed by atoms with van der Waals surface area (Å²) < 4.78 is 1.10. The van der Waals surface area contributed by atoms with Crippen molar-refractivity contribution in [2.24, 2.45) is 0 Å². The highest BCUT2D eigenvalue weighted by Crippen LogP contribution is 2.27. The van der Waals surface area contributed by atoms with Crippen LogP contribution >= 0.6 is 15.9 Å². The van der Waals surface area contributed by atoms with Crippen LogP contribution in [0.25, 0.3) is 11.1 Å². The fraction of sp³-hybridized carbons (Fsp3) is 0.250. The van der Waals surface area contributed by atoms with Crippen molar-refractivity contribution in [1.29, 1.82) is 0 Å². The van der Waals surface area contributed by atoms with Gasteiger partial charge in [-0.15, -0.1) is 0 Å². The highest BCUT2D eigenvalue weighted by molar-refractivity contribution is 9.10. The van der Waals surface area contributed by atoms with Crippen LogP contribution in [-0.2, 0) is 5.41 Å². The Hall–Kier alpha value is -1.08. The average molecular weight is 288 g/mol. The smallest absolute Gasteiger partial charge is 0.0175 e. The normalized spacial score (nSPS) is 11.5. The molecule has 1 radical (unpaired) electrons. The molecule has 0 saturated carbocycles. The van der Waals surface area contributed by atoms with Gasteiger partial charge in [0.05, 0.1) is 0 Å². The molecule has 0 aromatic heterocycles. The summed E-state index contributed by atoms with van der Waals surface area (Å²) in [7, 11) is 0. The fourth-order valence-corrected chi connectivity index (χ4v) is 1.99. The number of benzene rings is 2. The highest BCUT2D eigenvalue weighted by atomic mass is 79.9.